The lowest BCUT2D eigenvalue weighted by Crippen LogP contribution is -2.13. The Hall–Kier alpha value is -2.49. The third kappa shape index (κ3) is 1.65. The average molecular weight is 262 g/mol. The molecule has 0 aliphatic carbocycles. The summed E-state index contributed by atoms with van der Waals surface area (Å²) in [6, 6.07) is 10.6. The number of nitrogens with zero attached hydrogens (tertiary/aromatic N) is 4. The van der Waals surface area contributed by atoms with Gasteiger partial charge in [0.2, 0.25) is 0 Å². The number of hydrogen-bond acceptors (Lipinski definition) is 3. The largest absolute Gasteiger partial charge is 0.283 e. The molecular formula is C16H14N4. The normalized spacial score (nSPS) is 12.8. The first kappa shape index (κ1) is 11.3. The van der Waals surface area contributed by atoms with Gasteiger partial charge in [0.25, 0.3) is 0 Å². The van der Waals surface area contributed by atoms with E-state index in [9.17, 15) is 0 Å². The fourth-order valence-corrected chi connectivity index (χ4v) is 2.84. The molecule has 0 fully saturated rings. The van der Waals surface area contributed by atoms with Gasteiger partial charge in [-0.3, -0.25) is 9.55 Å². The molecule has 1 aliphatic rings. The van der Waals surface area contributed by atoms with Gasteiger partial charge >= 0.3 is 0 Å². The third-order valence-corrected chi connectivity index (χ3v) is 3.83. The van der Waals surface area contributed by atoms with Crippen LogP contribution in [0.25, 0.3) is 16.8 Å². The highest BCUT2D eigenvalue weighted by Crippen LogP contribution is 2.29. The van der Waals surface area contributed by atoms with E-state index >= 15 is 0 Å². The fraction of sp³-hybridized carbons (Fsp3) is 0.188. The highest BCUT2D eigenvalue weighted by molar-refractivity contribution is 5.66. The fourth-order valence-electron chi connectivity index (χ4n) is 2.84. The van der Waals surface area contributed by atoms with Crippen LogP contribution in [0, 0.1) is 6.92 Å². The Kier molecular flexibility index (Phi) is 2.42. The van der Waals surface area contributed by atoms with Crippen molar-refractivity contribution < 1.29 is 0 Å². The minimum absolute atomic E-state index is 0.949. The Balaban J connectivity index is 1.86. The minimum atomic E-state index is 0.949. The van der Waals surface area contributed by atoms with Crippen LogP contribution in [0.3, 0.4) is 0 Å². The Morgan fingerprint density at radius 2 is 2.00 bits per heavy atom. The van der Waals surface area contributed by atoms with E-state index in [1.54, 1.807) is 6.20 Å². The van der Waals surface area contributed by atoms with Crippen LogP contribution in [-0.4, -0.2) is 19.7 Å². The van der Waals surface area contributed by atoms with Gasteiger partial charge in [-0.1, -0.05) is 12.1 Å². The van der Waals surface area contributed by atoms with E-state index in [4.69, 9.17) is 0 Å². The standard InChI is InChI=1S/C16H14N4/c1-11-18-19-16-7-5-13-9-12(4-6-15(13)20(11)16)14-3-2-8-17-10-14/h2-4,6,8-10H,5,7H2,1H3. The van der Waals surface area contributed by atoms with Gasteiger partial charge in [0.1, 0.15) is 11.6 Å². The Bertz CT molecular complexity index is 774. The Morgan fingerprint density at radius 1 is 1.05 bits per heavy atom. The van der Waals surface area contributed by atoms with Gasteiger partial charge in [-0.15, -0.1) is 10.2 Å². The van der Waals surface area contributed by atoms with Gasteiger partial charge < -0.3 is 0 Å². The first-order valence-corrected chi connectivity index (χ1v) is 6.77. The summed E-state index contributed by atoms with van der Waals surface area (Å²) in [5.74, 6) is 2.01. The maximum atomic E-state index is 4.24. The third-order valence-electron chi connectivity index (χ3n) is 3.83. The predicted octanol–water partition coefficient (Wildman–Crippen LogP) is 2.74. The maximum absolute atomic E-state index is 4.24. The van der Waals surface area contributed by atoms with Gasteiger partial charge in [-0.2, -0.15) is 0 Å². The molecule has 0 N–H and O–H groups in total. The molecule has 4 rings (SSSR count). The molecular weight excluding hydrogens is 248 g/mol. The molecule has 1 aliphatic heterocycles. The lowest BCUT2D eigenvalue weighted by molar-refractivity contribution is 0.767. The number of aryl methyl sites for hydroxylation is 3. The van der Waals surface area contributed by atoms with E-state index in [0.29, 0.717) is 0 Å². The molecule has 0 atom stereocenters. The Morgan fingerprint density at radius 3 is 2.85 bits per heavy atom. The number of hydrogen-bond donors (Lipinski definition) is 0. The summed E-state index contributed by atoms with van der Waals surface area (Å²) in [5, 5.41) is 8.42. The molecule has 4 heteroatoms. The SMILES string of the molecule is Cc1nnc2n1-c1ccc(-c3cccnc3)cc1CC2. The van der Waals surface area contributed by atoms with Crippen molar-refractivity contribution >= 4 is 0 Å². The van der Waals surface area contributed by atoms with Crippen LogP contribution in [0.1, 0.15) is 17.2 Å². The van der Waals surface area contributed by atoms with E-state index in [0.717, 1.165) is 30.1 Å². The number of benzene rings is 1. The molecule has 20 heavy (non-hydrogen) atoms. The van der Waals surface area contributed by atoms with Crippen molar-refractivity contribution in [3.63, 3.8) is 0 Å². The summed E-state index contributed by atoms with van der Waals surface area (Å²) in [7, 11) is 0. The molecule has 0 bridgehead atoms. The second kappa shape index (κ2) is 4.27. The van der Waals surface area contributed by atoms with Crippen molar-refractivity contribution in [3.05, 3.63) is 59.9 Å². The second-order valence-corrected chi connectivity index (χ2v) is 5.08. The van der Waals surface area contributed by atoms with Crippen molar-refractivity contribution in [1.29, 1.82) is 0 Å². The summed E-state index contributed by atoms with van der Waals surface area (Å²) < 4.78 is 2.16. The summed E-state index contributed by atoms with van der Waals surface area (Å²) >= 11 is 0. The molecule has 0 saturated carbocycles. The highest BCUT2D eigenvalue weighted by Gasteiger charge is 2.19. The summed E-state index contributed by atoms with van der Waals surface area (Å²) in [5.41, 5.74) is 4.93. The molecule has 3 aromatic rings. The molecule has 2 aromatic heterocycles. The second-order valence-electron chi connectivity index (χ2n) is 5.08. The minimum Gasteiger partial charge on any atom is -0.283 e. The molecule has 0 spiro atoms. The number of rotatable bonds is 1. The molecule has 0 unspecified atom stereocenters. The number of aromatic nitrogens is 4. The summed E-state index contributed by atoms with van der Waals surface area (Å²) in [6.07, 6.45) is 5.67. The molecule has 98 valence electrons. The van der Waals surface area contributed by atoms with Crippen LogP contribution in [0.2, 0.25) is 0 Å². The first-order valence-electron chi connectivity index (χ1n) is 6.77. The summed E-state index contributed by atoms with van der Waals surface area (Å²) in [4.78, 5) is 4.19. The smallest absolute Gasteiger partial charge is 0.137 e. The van der Waals surface area contributed by atoms with Gasteiger partial charge in [0.05, 0.1) is 5.69 Å². The quantitative estimate of drug-likeness (QED) is 0.677. The molecule has 0 radical (unpaired) electrons. The first-order chi connectivity index (χ1) is 9.83. The zero-order valence-electron chi connectivity index (χ0n) is 11.2. The zero-order valence-corrected chi connectivity index (χ0v) is 11.2. The number of pyridine rings is 1. The topological polar surface area (TPSA) is 43.6 Å². The van der Waals surface area contributed by atoms with E-state index in [1.165, 1.54) is 16.8 Å². The van der Waals surface area contributed by atoms with Crippen LogP contribution >= 0.6 is 0 Å². The average Bonchev–Trinajstić information content (AvgIpc) is 2.89. The van der Waals surface area contributed by atoms with E-state index in [2.05, 4.69) is 44.0 Å². The van der Waals surface area contributed by atoms with Crippen LogP contribution in [0.15, 0.2) is 42.7 Å². The van der Waals surface area contributed by atoms with E-state index in [1.807, 2.05) is 19.2 Å². The zero-order chi connectivity index (χ0) is 13.5. The van der Waals surface area contributed by atoms with Crippen molar-refractivity contribution in [2.24, 2.45) is 0 Å². The lowest BCUT2D eigenvalue weighted by atomic mass is 9.98. The molecule has 0 amide bonds. The predicted molar refractivity (Wildman–Crippen MR) is 76.7 cm³/mol. The van der Waals surface area contributed by atoms with Crippen molar-refractivity contribution in [2.45, 2.75) is 19.8 Å². The molecule has 3 heterocycles. The van der Waals surface area contributed by atoms with Crippen molar-refractivity contribution in [3.8, 4) is 16.8 Å². The lowest BCUT2D eigenvalue weighted by Gasteiger charge is -2.19. The Labute approximate surface area is 117 Å². The maximum Gasteiger partial charge on any atom is 0.137 e. The van der Waals surface area contributed by atoms with Gasteiger partial charge in [-0.05, 0) is 48.2 Å². The molecule has 1 aromatic carbocycles. The van der Waals surface area contributed by atoms with Gasteiger partial charge in [-0.25, -0.2) is 0 Å². The monoisotopic (exact) mass is 262 g/mol. The molecule has 0 saturated heterocycles. The summed E-state index contributed by atoms with van der Waals surface area (Å²) in [6.45, 7) is 2.00. The number of fused-ring (bicyclic) bond motifs is 3. The van der Waals surface area contributed by atoms with Crippen molar-refractivity contribution in [1.82, 2.24) is 19.7 Å². The van der Waals surface area contributed by atoms with Crippen LogP contribution < -0.4 is 0 Å². The van der Waals surface area contributed by atoms with Crippen LogP contribution in [0.4, 0.5) is 0 Å². The van der Waals surface area contributed by atoms with E-state index in [-0.39, 0.29) is 0 Å². The van der Waals surface area contributed by atoms with Gasteiger partial charge in [0, 0.05) is 18.8 Å². The van der Waals surface area contributed by atoms with E-state index < -0.39 is 0 Å². The van der Waals surface area contributed by atoms with Gasteiger partial charge in [0.15, 0.2) is 0 Å². The van der Waals surface area contributed by atoms with Crippen molar-refractivity contribution in [2.75, 3.05) is 0 Å². The van der Waals surface area contributed by atoms with Crippen LogP contribution in [-0.2, 0) is 12.8 Å². The molecule has 4 nitrogen and oxygen atoms in total. The van der Waals surface area contributed by atoms with Crippen LogP contribution in [0.5, 0.6) is 0 Å². The highest BCUT2D eigenvalue weighted by atomic mass is 15.3.